The SMILES string of the molecule is CCCCCCCCC(=O)C(C#N)c1ccc(C)c(C)c1. The molecule has 0 saturated heterocycles. The minimum atomic E-state index is -0.597. The van der Waals surface area contributed by atoms with Crippen LogP contribution < -0.4 is 0 Å². The van der Waals surface area contributed by atoms with E-state index in [1.807, 2.05) is 32.0 Å². The maximum absolute atomic E-state index is 12.2. The van der Waals surface area contributed by atoms with Gasteiger partial charge in [0.2, 0.25) is 0 Å². The summed E-state index contributed by atoms with van der Waals surface area (Å²) in [4.78, 5) is 12.2. The molecule has 0 bridgehead atoms. The van der Waals surface area contributed by atoms with Crippen molar-refractivity contribution in [2.45, 2.75) is 71.6 Å². The Kier molecular flexibility index (Phi) is 7.75. The number of Topliss-reactive ketones (excluding diaryl/α,β-unsaturated/α-hetero) is 1. The minimum Gasteiger partial charge on any atom is -0.298 e. The molecule has 0 aromatic heterocycles. The Balaban J connectivity index is 2.50. The quantitative estimate of drug-likeness (QED) is 0.583. The minimum absolute atomic E-state index is 0.0660. The molecule has 1 unspecified atom stereocenters. The molecule has 21 heavy (non-hydrogen) atoms. The first-order chi connectivity index (χ1) is 10.1. The predicted molar refractivity (Wildman–Crippen MR) is 87.3 cm³/mol. The van der Waals surface area contributed by atoms with Gasteiger partial charge >= 0.3 is 0 Å². The van der Waals surface area contributed by atoms with Crippen LogP contribution in [0.2, 0.25) is 0 Å². The summed E-state index contributed by atoms with van der Waals surface area (Å²) in [6.07, 6.45) is 7.49. The van der Waals surface area contributed by atoms with E-state index in [2.05, 4.69) is 13.0 Å². The zero-order valence-electron chi connectivity index (χ0n) is 13.6. The van der Waals surface area contributed by atoms with E-state index in [0.29, 0.717) is 6.42 Å². The highest BCUT2D eigenvalue weighted by Gasteiger charge is 2.19. The lowest BCUT2D eigenvalue weighted by atomic mass is 9.91. The highest BCUT2D eigenvalue weighted by molar-refractivity contribution is 5.88. The molecular formula is C19H27NO. The third-order valence-electron chi connectivity index (χ3n) is 4.09. The molecule has 0 saturated carbocycles. The first-order valence-corrected chi connectivity index (χ1v) is 8.09. The maximum Gasteiger partial charge on any atom is 0.154 e. The molecule has 0 aliphatic carbocycles. The van der Waals surface area contributed by atoms with Gasteiger partial charge in [0.25, 0.3) is 0 Å². The summed E-state index contributed by atoms with van der Waals surface area (Å²) in [7, 11) is 0. The number of ketones is 1. The highest BCUT2D eigenvalue weighted by atomic mass is 16.1. The monoisotopic (exact) mass is 285 g/mol. The number of rotatable bonds is 9. The molecule has 0 aliphatic heterocycles. The second-order valence-corrected chi connectivity index (χ2v) is 5.89. The Labute approximate surface area is 129 Å². The van der Waals surface area contributed by atoms with Crippen LogP contribution in [0.15, 0.2) is 18.2 Å². The Hall–Kier alpha value is -1.62. The first kappa shape index (κ1) is 17.4. The zero-order chi connectivity index (χ0) is 15.7. The van der Waals surface area contributed by atoms with Gasteiger partial charge in [-0.15, -0.1) is 0 Å². The van der Waals surface area contributed by atoms with Crippen LogP contribution in [0.1, 0.15) is 74.5 Å². The summed E-state index contributed by atoms with van der Waals surface area (Å²) in [5, 5.41) is 9.31. The predicted octanol–water partition coefficient (Wildman–Crippen LogP) is 5.23. The molecule has 2 heteroatoms. The summed E-state index contributed by atoms with van der Waals surface area (Å²) >= 11 is 0. The van der Waals surface area contributed by atoms with E-state index < -0.39 is 5.92 Å². The molecule has 2 nitrogen and oxygen atoms in total. The van der Waals surface area contributed by atoms with Gasteiger partial charge in [-0.3, -0.25) is 4.79 Å². The summed E-state index contributed by atoms with van der Waals surface area (Å²) in [6, 6.07) is 8.06. The molecule has 0 spiro atoms. The van der Waals surface area contributed by atoms with Crippen molar-refractivity contribution in [3.63, 3.8) is 0 Å². The van der Waals surface area contributed by atoms with Crippen molar-refractivity contribution in [3.8, 4) is 6.07 Å². The molecule has 1 aromatic rings. The summed E-state index contributed by atoms with van der Waals surface area (Å²) in [6.45, 7) is 6.26. The lowest BCUT2D eigenvalue weighted by molar-refractivity contribution is -0.119. The van der Waals surface area contributed by atoms with E-state index >= 15 is 0 Å². The van der Waals surface area contributed by atoms with Crippen molar-refractivity contribution in [2.75, 3.05) is 0 Å². The van der Waals surface area contributed by atoms with Crippen LogP contribution in [0.3, 0.4) is 0 Å². The van der Waals surface area contributed by atoms with Crippen molar-refractivity contribution in [3.05, 3.63) is 34.9 Å². The number of nitrogens with zero attached hydrogens (tertiary/aromatic N) is 1. The molecule has 0 amide bonds. The maximum atomic E-state index is 12.2. The van der Waals surface area contributed by atoms with Gasteiger partial charge in [-0.25, -0.2) is 0 Å². The van der Waals surface area contributed by atoms with Gasteiger partial charge in [0.15, 0.2) is 5.78 Å². The van der Waals surface area contributed by atoms with Crippen LogP contribution in [0.4, 0.5) is 0 Å². The number of nitriles is 1. The number of aryl methyl sites for hydroxylation is 2. The standard InChI is InChI=1S/C19H27NO/c1-4-5-6-7-8-9-10-19(21)18(14-20)17-12-11-15(2)16(3)13-17/h11-13,18H,4-10H2,1-3H3. The number of unbranched alkanes of at least 4 members (excludes halogenated alkanes) is 5. The number of benzene rings is 1. The van der Waals surface area contributed by atoms with Crippen LogP contribution in [-0.4, -0.2) is 5.78 Å². The lowest BCUT2D eigenvalue weighted by Gasteiger charge is -2.10. The molecule has 1 rings (SSSR count). The van der Waals surface area contributed by atoms with Crippen molar-refractivity contribution in [1.82, 2.24) is 0 Å². The van der Waals surface area contributed by atoms with Crippen LogP contribution in [0.5, 0.6) is 0 Å². The smallest absolute Gasteiger partial charge is 0.154 e. The van der Waals surface area contributed by atoms with Gasteiger partial charge in [0.1, 0.15) is 5.92 Å². The van der Waals surface area contributed by atoms with E-state index in [4.69, 9.17) is 0 Å². The van der Waals surface area contributed by atoms with Gasteiger partial charge in [-0.1, -0.05) is 57.2 Å². The Morgan fingerprint density at radius 1 is 1.10 bits per heavy atom. The zero-order valence-corrected chi connectivity index (χ0v) is 13.6. The summed E-state index contributed by atoms with van der Waals surface area (Å²) in [5.74, 6) is -0.531. The van der Waals surface area contributed by atoms with Gasteiger partial charge in [-0.05, 0) is 37.0 Å². The summed E-state index contributed by atoms with van der Waals surface area (Å²) < 4.78 is 0. The molecule has 0 N–H and O–H groups in total. The highest BCUT2D eigenvalue weighted by Crippen LogP contribution is 2.22. The van der Waals surface area contributed by atoms with Crippen molar-refractivity contribution in [2.24, 2.45) is 0 Å². The van der Waals surface area contributed by atoms with E-state index in [1.54, 1.807) is 0 Å². The Morgan fingerprint density at radius 2 is 1.76 bits per heavy atom. The molecule has 1 atom stereocenters. The molecule has 0 heterocycles. The Morgan fingerprint density at radius 3 is 2.38 bits per heavy atom. The molecule has 0 radical (unpaired) electrons. The fraction of sp³-hybridized carbons (Fsp3) is 0.579. The lowest BCUT2D eigenvalue weighted by Crippen LogP contribution is -2.11. The van der Waals surface area contributed by atoms with Crippen LogP contribution in [0, 0.1) is 25.2 Å². The van der Waals surface area contributed by atoms with Crippen molar-refractivity contribution in [1.29, 1.82) is 5.26 Å². The van der Waals surface area contributed by atoms with Gasteiger partial charge in [0, 0.05) is 6.42 Å². The largest absolute Gasteiger partial charge is 0.298 e. The van der Waals surface area contributed by atoms with E-state index in [9.17, 15) is 10.1 Å². The van der Waals surface area contributed by atoms with Gasteiger partial charge in [0.05, 0.1) is 6.07 Å². The van der Waals surface area contributed by atoms with E-state index in [-0.39, 0.29) is 5.78 Å². The average molecular weight is 285 g/mol. The van der Waals surface area contributed by atoms with Crippen molar-refractivity contribution < 1.29 is 4.79 Å². The molecular weight excluding hydrogens is 258 g/mol. The number of hydrogen-bond donors (Lipinski definition) is 0. The van der Waals surface area contributed by atoms with E-state index in [1.165, 1.54) is 31.2 Å². The average Bonchev–Trinajstić information content (AvgIpc) is 2.47. The molecule has 0 fully saturated rings. The number of carbonyl (C=O) groups is 1. The second-order valence-electron chi connectivity index (χ2n) is 5.89. The van der Waals surface area contributed by atoms with Gasteiger partial charge < -0.3 is 0 Å². The molecule has 114 valence electrons. The summed E-state index contributed by atoms with van der Waals surface area (Å²) in [5.41, 5.74) is 3.18. The number of carbonyl (C=O) groups excluding carboxylic acids is 1. The fourth-order valence-corrected chi connectivity index (χ4v) is 2.50. The van der Waals surface area contributed by atoms with Crippen molar-refractivity contribution >= 4 is 5.78 Å². The van der Waals surface area contributed by atoms with E-state index in [0.717, 1.165) is 24.0 Å². The van der Waals surface area contributed by atoms with Crippen LogP contribution in [0.25, 0.3) is 0 Å². The van der Waals surface area contributed by atoms with Crippen LogP contribution in [-0.2, 0) is 4.79 Å². The third kappa shape index (κ3) is 5.71. The normalized spacial score (nSPS) is 11.9. The molecule has 0 aliphatic rings. The number of hydrogen-bond acceptors (Lipinski definition) is 2. The van der Waals surface area contributed by atoms with Crippen LogP contribution >= 0.6 is 0 Å². The first-order valence-electron chi connectivity index (χ1n) is 8.09. The van der Waals surface area contributed by atoms with Gasteiger partial charge in [-0.2, -0.15) is 5.26 Å². The topological polar surface area (TPSA) is 40.9 Å². The third-order valence-corrected chi connectivity index (χ3v) is 4.09. The fourth-order valence-electron chi connectivity index (χ4n) is 2.50. The molecule has 1 aromatic carbocycles. The second kappa shape index (κ2) is 9.34. The Bertz CT molecular complexity index is 499.